The Morgan fingerprint density at radius 2 is 1.96 bits per heavy atom. The first-order valence-corrected chi connectivity index (χ1v) is 10.7. The van der Waals surface area contributed by atoms with E-state index in [9.17, 15) is 0 Å². The number of nitrogens with one attached hydrogen (secondary N) is 1. The van der Waals surface area contributed by atoms with E-state index in [0.29, 0.717) is 5.82 Å². The zero-order valence-corrected chi connectivity index (χ0v) is 17.1. The minimum absolute atomic E-state index is 0.253. The van der Waals surface area contributed by atoms with Gasteiger partial charge in [-0.25, -0.2) is 4.98 Å². The fraction of sp³-hybridized carbons (Fsp3) is 0.0526. The van der Waals surface area contributed by atoms with Crippen LogP contribution in [0.3, 0.4) is 0 Å². The second kappa shape index (κ2) is 7.26. The number of fused-ring (bicyclic) bond motifs is 1. The van der Waals surface area contributed by atoms with Gasteiger partial charge in [0.2, 0.25) is 5.95 Å². The summed E-state index contributed by atoms with van der Waals surface area (Å²) in [5.74, 6) is 0.956. The standard InChI is InChI=1S/C19H15BrN4S2/c1-25-17-8-7-16(26-17)11-5-6-15-14(9-11)18(24-19(21)23-15)22-13-4-2-3-12(20)10-13/h2-10H,1H3,(H3,21,22,23,24). The average molecular weight is 443 g/mol. The Kier molecular flexibility index (Phi) is 4.84. The van der Waals surface area contributed by atoms with E-state index in [0.717, 1.165) is 26.6 Å². The number of anilines is 3. The largest absolute Gasteiger partial charge is 0.368 e. The number of hydrogen-bond acceptors (Lipinski definition) is 6. The molecule has 7 heteroatoms. The summed E-state index contributed by atoms with van der Waals surface area (Å²) in [6.07, 6.45) is 2.09. The van der Waals surface area contributed by atoms with Gasteiger partial charge in [0.1, 0.15) is 5.82 Å². The van der Waals surface area contributed by atoms with Crippen molar-refractivity contribution in [2.45, 2.75) is 4.21 Å². The number of benzene rings is 2. The van der Waals surface area contributed by atoms with Crippen molar-refractivity contribution >= 4 is 67.4 Å². The lowest BCUT2D eigenvalue weighted by atomic mass is 10.1. The van der Waals surface area contributed by atoms with Crippen molar-refractivity contribution < 1.29 is 0 Å². The first-order valence-electron chi connectivity index (χ1n) is 7.86. The number of hydrogen-bond donors (Lipinski definition) is 2. The molecule has 2 heterocycles. The van der Waals surface area contributed by atoms with Crippen LogP contribution in [-0.2, 0) is 0 Å². The maximum absolute atomic E-state index is 5.91. The highest BCUT2D eigenvalue weighted by Crippen LogP contribution is 2.35. The Bertz CT molecular complexity index is 1090. The number of aromatic nitrogens is 2. The SMILES string of the molecule is CSc1ccc(-c2ccc3nc(N)nc(Nc4cccc(Br)c4)c3c2)s1. The molecule has 0 aliphatic carbocycles. The molecule has 0 saturated carbocycles. The first kappa shape index (κ1) is 17.3. The molecule has 0 unspecified atom stereocenters. The second-order valence-electron chi connectivity index (χ2n) is 5.62. The van der Waals surface area contributed by atoms with E-state index < -0.39 is 0 Å². The highest BCUT2D eigenvalue weighted by molar-refractivity contribution is 9.10. The van der Waals surface area contributed by atoms with Crippen LogP contribution in [-0.4, -0.2) is 16.2 Å². The van der Waals surface area contributed by atoms with Crippen LogP contribution < -0.4 is 11.1 Å². The molecule has 3 N–H and O–H groups in total. The zero-order valence-electron chi connectivity index (χ0n) is 13.9. The molecule has 4 rings (SSSR count). The van der Waals surface area contributed by atoms with Crippen LogP contribution in [0.1, 0.15) is 0 Å². The Morgan fingerprint density at radius 1 is 1.08 bits per heavy atom. The van der Waals surface area contributed by atoms with Gasteiger partial charge in [0.25, 0.3) is 0 Å². The molecule has 2 aromatic heterocycles. The van der Waals surface area contributed by atoms with Gasteiger partial charge in [0.05, 0.1) is 9.73 Å². The first-order chi connectivity index (χ1) is 12.6. The highest BCUT2D eigenvalue weighted by atomic mass is 79.9. The fourth-order valence-electron chi connectivity index (χ4n) is 2.68. The van der Waals surface area contributed by atoms with Crippen molar-refractivity contribution in [1.82, 2.24) is 9.97 Å². The van der Waals surface area contributed by atoms with E-state index in [1.165, 1.54) is 9.09 Å². The normalized spacial score (nSPS) is 11.0. The molecule has 0 aliphatic rings. The van der Waals surface area contributed by atoms with E-state index in [1.807, 2.05) is 30.3 Å². The molecule has 0 spiro atoms. The Hall–Kier alpha value is -2.09. The van der Waals surface area contributed by atoms with Crippen LogP contribution in [0.4, 0.5) is 17.5 Å². The third-order valence-corrected chi connectivity index (χ3v) is 6.58. The van der Waals surface area contributed by atoms with Gasteiger partial charge in [-0.3, -0.25) is 0 Å². The van der Waals surface area contributed by atoms with E-state index in [1.54, 1.807) is 23.1 Å². The maximum Gasteiger partial charge on any atom is 0.222 e. The number of halogens is 1. The molecule has 0 fully saturated rings. The lowest BCUT2D eigenvalue weighted by Crippen LogP contribution is -2.01. The molecule has 130 valence electrons. The number of thiophene rings is 1. The molecular formula is C19H15BrN4S2. The predicted molar refractivity (Wildman–Crippen MR) is 116 cm³/mol. The van der Waals surface area contributed by atoms with Gasteiger partial charge >= 0.3 is 0 Å². The Morgan fingerprint density at radius 3 is 2.73 bits per heavy atom. The van der Waals surface area contributed by atoms with Gasteiger partial charge in [-0.2, -0.15) is 4.98 Å². The molecule has 0 aliphatic heterocycles. The van der Waals surface area contributed by atoms with E-state index in [2.05, 4.69) is 61.7 Å². The van der Waals surface area contributed by atoms with Gasteiger partial charge in [0.15, 0.2) is 0 Å². The Labute approximate surface area is 168 Å². The number of nitrogens with two attached hydrogens (primary N) is 1. The third kappa shape index (κ3) is 3.56. The van der Waals surface area contributed by atoms with Gasteiger partial charge in [-0.05, 0) is 54.3 Å². The number of nitrogens with zero attached hydrogens (tertiary/aromatic N) is 2. The van der Waals surface area contributed by atoms with Gasteiger partial charge < -0.3 is 11.1 Å². The lowest BCUT2D eigenvalue weighted by molar-refractivity contribution is 1.23. The molecule has 0 amide bonds. The quantitative estimate of drug-likeness (QED) is 0.370. The summed E-state index contributed by atoms with van der Waals surface area (Å²) in [5.41, 5.74) is 8.81. The molecule has 0 atom stereocenters. The predicted octanol–water partition coefficient (Wildman–Crippen LogP) is 6.17. The zero-order chi connectivity index (χ0) is 18.1. The molecular weight excluding hydrogens is 428 g/mol. The summed E-state index contributed by atoms with van der Waals surface area (Å²) < 4.78 is 2.29. The molecule has 26 heavy (non-hydrogen) atoms. The minimum Gasteiger partial charge on any atom is -0.368 e. The van der Waals surface area contributed by atoms with Crippen LogP contribution in [0.5, 0.6) is 0 Å². The number of rotatable bonds is 4. The van der Waals surface area contributed by atoms with E-state index in [4.69, 9.17) is 5.73 Å². The van der Waals surface area contributed by atoms with Crippen molar-refractivity contribution in [3.63, 3.8) is 0 Å². The number of nitrogen functional groups attached to an aromatic ring is 1. The Balaban J connectivity index is 1.81. The van der Waals surface area contributed by atoms with Crippen LogP contribution in [0, 0.1) is 0 Å². The third-order valence-electron chi connectivity index (χ3n) is 3.87. The molecule has 0 radical (unpaired) electrons. The van der Waals surface area contributed by atoms with Gasteiger partial charge in [-0.1, -0.05) is 28.1 Å². The van der Waals surface area contributed by atoms with Crippen molar-refractivity contribution in [1.29, 1.82) is 0 Å². The smallest absolute Gasteiger partial charge is 0.222 e. The van der Waals surface area contributed by atoms with Crippen molar-refractivity contribution in [2.75, 3.05) is 17.3 Å². The topological polar surface area (TPSA) is 63.8 Å². The molecule has 4 nitrogen and oxygen atoms in total. The van der Waals surface area contributed by atoms with E-state index in [-0.39, 0.29) is 5.95 Å². The van der Waals surface area contributed by atoms with E-state index >= 15 is 0 Å². The molecule has 0 bridgehead atoms. The lowest BCUT2D eigenvalue weighted by Gasteiger charge is -2.11. The van der Waals surface area contributed by atoms with Crippen molar-refractivity contribution in [2.24, 2.45) is 0 Å². The van der Waals surface area contributed by atoms with Gasteiger partial charge in [-0.15, -0.1) is 23.1 Å². The summed E-state index contributed by atoms with van der Waals surface area (Å²) in [4.78, 5) is 10.0. The van der Waals surface area contributed by atoms with Crippen LogP contribution in [0.15, 0.2) is 63.3 Å². The van der Waals surface area contributed by atoms with Crippen molar-refractivity contribution in [3.05, 3.63) is 59.1 Å². The van der Waals surface area contributed by atoms with Crippen LogP contribution >= 0.6 is 39.0 Å². The molecule has 2 aromatic carbocycles. The highest BCUT2D eigenvalue weighted by Gasteiger charge is 2.10. The minimum atomic E-state index is 0.253. The summed E-state index contributed by atoms with van der Waals surface area (Å²) in [5, 5.41) is 4.30. The van der Waals surface area contributed by atoms with Crippen LogP contribution in [0.25, 0.3) is 21.3 Å². The molecule has 4 aromatic rings. The average Bonchev–Trinajstić information content (AvgIpc) is 3.10. The van der Waals surface area contributed by atoms with Gasteiger partial charge in [0, 0.05) is 20.4 Å². The van der Waals surface area contributed by atoms with Crippen LogP contribution in [0.2, 0.25) is 0 Å². The summed E-state index contributed by atoms with van der Waals surface area (Å²) in [6.45, 7) is 0. The number of thioether (sulfide) groups is 1. The maximum atomic E-state index is 5.91. The monoisotopic (exact) mass is 442 g/mol. The fourth-order valence-corrected chi connectivity index (χ4v) is 4.62. The summed E-state index contributed by atoms with van der Waals surface area (Å²) >= 11 is 7.03. The second-order valence-corrected chi connectivity index (χ2v) is 8.73. The summed E-state index contributed by atoms with van der Waals surface area (Å²) in [6, 6.07) is 18.4. The molecule has 0 saturated heterocycles. The summed E-state index contributed by atoms with van der Waals surface area (Å²) in [7, 11) is 0. The van der Waals surface area contributed by atoms with Crippen molar-refractivity contribution in [3.8, 4) is 10.4 Å².